The molecule has 2 N–H and O–H groups in total. The van der Waals surface area contributed by atoms with Gasteiger partial charge in [0.05, 0.1) is 11.3 Å². The SMILES string of the molecule is CCC(C)NC(=O)CCNc1ccc(Br)cc1C#N. The van der Waals surface area contributed by atoms with Gasteiger partial charge in [-0.15, -0.1) is 0 Å². The number of nitrogens with one attached hydrogen (secondary N) is 2. The second-order valence-electron chi connectivity index (χ2n) is 4.36. The van der Waals surface area contributed by atoms with E-state index < -0.39 is 0 Å². The predicted molar refractivity (Wildman–Crippen MR) is 79.9 cm³/mol. The Morgan fingerprint density at radius 3 is 2.89 bits per heavy atom. The van der Waals surface area contributed by atoms with Crippen LogP contribution in [0.25, 0.3) is 0 Å². The van der Waals surface area contributed by atoms with Crippen LogP contribution in [0, 0.1) is 11.3 Å². The van der Waals surface area contributed by atoms with Crippen LogP contribution in [0.2, 0.25) is 0 Å². The van der Waals surface area contributed by atoms with Gasteiger partial charge < -0.3 is 10.6 Å². The fourth-order valence-corrected chi connectivity index (χ4v) is 1.88. The Morgan fingerprint density at radius 1 is 1.53 bits per heavy atom. The summed E-state index contributed by atoms with van der Waals surface area (Å²) in [6.45, 7) is 4.52. The van der Waals surface area contributed by atoms with Crippen molar-refractivity contribution in [1.82, 2.24) is 5.32 Å². The average molecular weight is 324 g/mol. The molecule has 1 aromatic rings. The van der Waals surface area contributed by atoms with Gasteiger partial charge >= 0.3 is 0 Å². The molecular formula is C14H18BrN3O. The van der Waals surface area contributed by atoms with Crippen LogP contribution in [0.4, 0.5) is 5.69 Å². The number of nitriles is 1. The Hall–Kier alpha value is -1.54. The van der Waals surface area contributed by atoms with Gasteiger partial charge in [0.1, 0.15) is 6.07 Å². The zero-order valence-electron chi connectivity index (χ0n) is 11.2. The summed E-state index contributed by atoms with van der Waals surface area (Å²) in [4.78, 5) is 11.6. The number of carbonyl (C=O) groups is 1. The molecule has 0 bridgehead atoms. The predicted octanol–water partition coefficient (Wildman–Crippen LogP) is 3.04. The van der Waals surface area contributed by atoms with Crippen molar-refractivity contribution in [3.63, 3.8) is 0 Å². The van der Waals surface area contributed by atoms with E-state index in [1.54, 1.807) is 6.07 Å². The zero-order chi connectivity index (χ0) is 14.3. The maximum Gasteiger partial charge on any atom is 0.221 e. The van der Waals surface area contributed by atoms with Crippen molar-refractivity contribution in [1.29, 1.82) is 5.26 Å². The summed E-state index contributed by atoms with van der Waals surface area (Å²) >= 11 is 3.32. The van der Waals surface area contributed by atoms with Gasteiger partial charge in [0, 0.05) is 23.5 Å². The van der Waals surface area contributed by atoms with Gasteiger partial charge in [-0.05, 0) is 31.5 Å². The van der Waals surface area contributed by atoms with Crippen molar-refractivity contribution in [2.24, 2.45) is 0 Å². The molecule has 19 heavy (non-hydrogen) atoms. The molecular weight excluding hydrogens is 306 g/mol. The molecule has 1 unspecified atom stereocenters. The third kappa shape index (κ3) is 5.31. The summed E-state index contributed by atoms with van der Waals surface area (Å²) in [6.07, 6.45) is 1.32. The Kier molecular flexibility index (Phi) is 6.37. The quantitative estimate of drug-likeness (QED) is 0.845. The lowest BCUT2D eigenvalue weighted by atomic mass is 10.2. The lowest BCUT2D eigenvalue weighted by Gasteiger charge is -2.12. The Bertz CT molecular complexity index is 482. The molecule has 0 fully saturated rings. The van der Waals surface area contributed by atoms with Gasteiger partial charge in [-0.2, -0.15) is 5.26 Å². The van der Waals surface area contributed by atoms with E-state index in [1.807, 2.05) is 26.0 Å². The van der Waals surface area contributed by atoms with Crippen LogP contribution in [-0.2, 0) is 4.79 Å². The number of carbonyl (C=O) groups excluding carboxylic acids is 1. The minimum absolute atomic E-state index is 0.0254. The molecule has 0 aliphatic heterocycles. The molecule has 0 aromatic heterocycles. The summed E-state index contributed by atoms with van der Waals surface area (Å²) in [5.41, 5.74) is 1.32. The van der Waals surface area contributed by atoms with Crippen molar-refractivity contribution in [3.05, 3.63) is 28.2 Å². The van der Waals surface area contributed by atoms with Gasteiger partial charge in [-0.25, -0.2) is 0 Å². The zero-order valence-corrected chi connectivity index (χ0v) is 12.8. The first-order valence-corrected chi connectivity index (χ1v) is 7.09. The first-order valence-electron chi connectivity index (χ1n) is 6.29. The van der Waals surface area contributed by atoms with E-state index in [-0.39, 0.29) is 11.9 Å². The second kappa shape index (κ2) is 7.80. The number of halogens is 1. The van der Waals surface area contributed by atoms with Crippen LogP contribution < -0.4 is 10.6 Å². The lowest BCUT2D eigenvalue weighted by molar-refractivity contribution is -0.121. The molecule has 1 rings (SSSR count). The number of rotatable bonds is 6. The second-order valence-corrected chi connectivity index (χ2v) is 5.27. The van der Waals surface area contributed by atoms with E-state index in [9.17, 15) is 4.79 Å². The van der Waals surface area contributed by atoms with Gasteiger partial charge in [0.15, 0.2) is 0 Å². The highest BCUT2D eigenvalue weighted by Gasteiger charge is 2.06. The first kappa shape index (κ1) is 15.5. The van der Waals surface area contributed by atoms with Crippen LogP contribution in [-0.4, -0.2) is 18.5 Å². The molecule has 0 radical (unpaired) electrons. The molecule has 0 saturated heterocycles. The Morgan fingerprint density at radius 2 is 2.26 bits per heavy atom. The summed E-state index contributed by atoms with van der Waals surface area (Å²) in [5.74, 6) is 0.0254. The van der Waals surface area contributed by atoms with Crippen LogP contribution >= 0.6 is 15.9 Å². The smallest absolute Gasteiger partial charge is 0.221 e. The van der Waals surface area contributed by atoms with Gasteiger partial charge in [-0.1, -0.05) is 22.9 Å². The van der Waals surface area contributed by atoms with Gasteiger partial charge in [0.25, 0.3) is 0 Å². The van der Waals surface area contributed by atoms with Crippen molar-refractivity contribution in [3.8, 4) is 6.07 Å². The minimum atomic E-state index is 0.0254. The number of hydrogen-bond donors (Lipinski definition) is 2. The van der Waals surface area contributed by atoms with Crippen LogP contribution in [0.1, 0.15) is 32.3 Å². The monoisotopic (exact) mass is 323 g/mol. The normalized spacial score (nSPS) is 11.5. The Labute approximate surface area is 122 Å². The standard InChI is InChI=1S/C14H18BrN3O/c1-3-10(2)18-14(19)6-7-17-13-5-4-12(15)8-11(13)9-16/h4-5,8,10,17H,3,6-7H2,1-2H3,(H,18,19). The van der Waals surface area contributed by atoms with Crippen molar-refractivity contribution in [2.75, 3.05) is 11.9 Å². The van der Waals surface area contributed by atoms with Gasteiger partial charge in [-0.3, -0.25) is 4.79 Å². The number of anilines is 1. The maximum atomic E-state index is 11.6. The van der Waals surface area contributed by atoms with Crippen molar-refractivity contribution >= 4 is 27.5 Å². The van der Waals surface area contributed by atoms with Crippen LogP contribution in [0.15, 0.2) is 22.7 Å². The fourth-order valence-electron chi connectivity index (χ4n) is 1.52. The van der Waals surface area contributed by atoms with E-state index in [2.05, 4.69) is 32.6 Å². The number of benzene rings is 1. The van der Waals surface area contributed by atoms with Crippen molar-refractivity contribution < 1.29 is 4.79 Å². The van der Waals surface area contributed by atoms with E-state index in [4.69, 9.17) is 5.26 Å². The highest BCUT2D eigenvalue weighted by atomic mass is 79.9. The lowest BCUT2D eigenvalue weighted by Crippen LogP contribution is -2.32. The fraction of sp³-hybridized carbons (Fsp3) is 0.429. The summed E-state index contributed by atoms with van der Waals surface area (Å²) in [7, 11) is 0. The molecule has 102 valence electrons. The third-order valence-corrected chi connectivity index (χ3v) is 3.28. The molecule has 0 aliphatic rings. The highest BCUT2D eigenvalue weighted by molar-refractivity contribution is 9.10. The summed E-state index contributed by atoms with van der Waals surface area (Å²) in [6, 6.07) is 7.77. The molecule has 1 atom stereocenters. The Balaban J connectivity index is 2.46. The molecule has 1 amide bonds. The summed E-state index contributed by atoms with van der Waals surface area (Å²) < 4.78 is 0.865. The number of nitrogens with zero attached hydrogens (tertiary/aromatic N) is 1. The third-order valence-electron chi connectivity index (χ3n) is 2.79. The molecule has 0 heterocycles. The molecule has 1 aromatic carbocycles. The van der Waals surface area contributed by atoms with Crippen LogP contribution in [0.3, 0.4) is 0 Å². The number of amides is 1. The van der Waals surface area contributed by atoms with Gasteiger partial charge in [0.2, 0.25) is 5.91 Å². The highest BCUT2D eigenvalue weighted by Crippen LogP contribution is 2.20. The van der Waals surface area contributed by atoms with E-state index in [0.29, 0.717) is 18.5 Å². The minimum Gasteiger partial charge on any atom is -0.383 e. The van der Waals surface area contributed by atoms with E-state index >= 15 is 0 Å². The number of hydrogen-bond acceptors (Lipinski definition) is 3. The average Bonchev–Trinajstić information content (AvgIpc) is 2.40. The van der Waals surface area contributed by atoms with Crippen LogP contribution in [0.5, 0.6) is 0 Å². The largest absolute Gasteiger partial charge is 0.383 e. The molecule has 0 spiro atoms. The molecule has 0 aliphatic carbocycles. The van der Waals surface area contributed by atoms with E-state index in [1.165, 1.54) is 0 Å². The molecule has 5 heteroatoms. The topological polar surface area (TPSA) is 64.9 Å². The molecule has 4 nitrogen and oxygen atoms in total. The van der Waals surface area contributed by atoms with E-state index in [0.717, 1.165) is 16.6 Å². The van der Waals surface area contributed by atoms with Crippen molar-refractivity contribution in [2.45, 2.75) is 32.7 Å². The first-order chi connectivity index (χ1) is 9.06. The maximum absolute atomic E-state index is 11.6. The molecule has 0 saturated carbocycles. The summed E-state index contributed by atoms with van der Waals surface area (Å²) in [5, 5.41) is 15.0.